The number of hydrogen-bond acceptors (Lipinski definition) is 3. The Kier molecular flexibility index (Phi) is 7.70. The number of likely N-dealkylation sites (N-methyl/N-ethyl adjacent to an activating group) is 1. The smallest absolute Gasteiger partial charge is 0.222 e. The molecule has 4 heteroatoms. The first-order valence-electron chi connectivity index (χ1n) is 9.46. The Morgan fingerprint density at radius 2 is 2.00 bits per heavy atom. The fourth-order valence-electron chi connectivity index (χ4n) is 3.39. The molecule has 1 aromatic rings. The van der Waals surface area contributed by atoms with Gasteiger partial charge in [-0.05, 0) is 70.4 Å². The average molecular weight is 332 g/mol. The van der Waals surface area contributed by atoms with Gasteiger partial charge in [0.2, 0.25) is 5.91 Å². The maximum absolute atomic E-state index is 12.4. The van der Waals surface area contributed by atoms with E-state index in [-0.39, 0.29) is 11.9 Å². The van der Waals surface area contributed by atoms with Crippen LogP contribution in [0.5, 0.6) is 0 Å². The maximum Gasteiger partial charge on any atom is 0.222 e. The summed E-state index contributed by atoms with van der Waals surface area (Å²) in [4.78, 5) is 21.3. The molecule has 2 rings (SSSR count). The molecule has 1 aliphatic rings. The van der Waals surface area contributed by atoms with Gasteiger partial charge in [-0.15, -0.1) is 0 Å². The lowest BCUT2D eigenvalue weighted by molar-refractivity contribution is -0.131. The first kappa shape index (κ1) is 18.9. The van der Waals surface area contributed by atoms with E-state index in [0.717, 1.165) is 25.1 Å². The van der Waals surface area contributed by atoms with Crippen molar-refractivity contribution >= 4 is 5.91 Å². The van der Waals surface area contributed by atoms with E-state index in [2.05, 4.69) is 29.8 Å². The highest BCUT2D eigenvalue weighted by atomic mass is 16.2. The summed E-state index contributed by atoms with van der Waals surface area (Å²) in [6.07, 6.45) is 9.64. The van der Waals surface area contributed by atoms with Crippen LogP contribution in [-0.2, 0) is 11.2 Å². The molecule has 24 heavy (non-hydrogen) atoms. The zero-order valence-corrected chi connectivity index (χ0v) is 15.6. The van der Waals surface area contributed by atoms with Crippen molar-refractivity contribution in [3.63, 3.8) is 0 Å². The number of rotatable bonds is 7. The molecular formula is C20H33N3O. The summed E-state index contributed by atoms with van der Waals surface area (Å²) in [6, 6.07) is 4.30. The van der Waals surface area contributed by atoms with Gasteiger partial charge in [0.1, 0.15) is 0 Å². The van der Waals surface area contributed by atoms with E-state index in [9.17, 15) is 4.79 Å². The highest BCUT2D eigenvalue weighted by molar-refractivity contribution is 5.76. The van der Waals surface area contributed by atoms with Crippen LogP contribution in [0.25, 0.3) is 0 Å². The predicted octanol–water partition coefficient (Wildman–Crippen LogP) is 3.44. The van der Waals surface area contributed by atoms with Crippen LogP contribution in [0, 0.1) is 6.92 Å². The highest BCUT2D eigenvalue weighted by Gasteiger charge is 2.17. The summed E-state index contributed by atoms with van der Waals surface area (Å²) in [5.74, 6) is 0.255. The Morgan fingerprint density at radius 1 is 1.29 bits per heavy atom. The van der Waals surface area contributed by atoms with Crippen molar-refractivity contribution in [1.82, 2.24) is 14.8 Å². The Bertz CT molecular complexity index is 509. The monoisotopic (exact) mass is 331 g/mol. The first-order chi connectivity index (χ1) is 11.6. The zero-order valence-electron chi connectivity index (χ0n) is 15.6. The van der Waals surface area contributed by atoms with Gasteiger partial charge in [0.15, 0.2) is 0 Å². The lowest BCUT2D eigenvalue weighted by atomic mass is 10.1. The second-order valence-electron chi connectivity index (χ2n) is 7.24. The van der Waals surface area contributed by atoms with Gasteiger partial charge in [-0.25, -0.2) is 0 Å². The van der Waals surface area contributed by atoms with E-state index in [4.69, 9.17) is 0 Å². The van der Waals surface area contributed by atoms with Crippen molar-refractivity contribution in [2.24, 2.45) is 0 Å². The standard InChI is InChI=1S/C20H33N3O/c1-17-10-11-21-19(15-17)16-18(2)22(3)20(24)9-8-14-23-12-6-4-5-7-13-23/h10-11,15,18H,4-9,12-14,16H2,1-3H3. The lowest BCUT2D eigenvalue weighted by Crippen LogP contribution is -2.37. The minimum Gasteiger partial charge on any atom is -0.343 e. The van der Waals surface area contributed by atoms with E-state index in [0.29, 0.717) is 6.42 Å². The summed E-state index contributed by atoms with van der Waals surface area (Å²) < 4.78 is 0. The molecule has 0 saturated carbocycles. The molecule has 1 saturated heterocycles. The van der Waals surface area contributed by atoms with Gasteiger partial charge in [-0.1, -0.05) is 12.8 Å². The van der Waals surface area contributed by atoms with Gasteiger partial charge in [0.05, 0.1) is 0 Å². The molecule has 0 aliphatic carbocycles. The summed E-state index contributed by atoms with van der Waals surface area (Å²) in [5.41, 5.74) is 2.28. The van der Waals surface area contributed by atoms with Gasteiger partial charge in [0.25, 0.3) is 0 Å². The quantitative estimate of drug-likeness (QED) is 0.768. The van der Waals surface area contributed by atoms with E-state index >= 15 is 0 Å². The number of aryl methyl sites for hydroxylation is 1. The van der Waals surface area contributed by atoms with Gasteiger partial charge >= 0.3 is 0 Å². The number of amides is 1. The van der Waals surface area contributed by atoms with Gasteiger partial charge in [0, 0.05) is 37.8 Å². The number of carbonyl (C=O) groups excluding carboxylic acids is 1. The third-order valence-corrected chi connectivity index (χ3v) is 5.09. The summed E-state index contributed by atoms with van der Waals surface area (Å²) in [5, 5.41) is 0. The summed E-state index contributed by atoms with van der Waals surface area (Å²) in [6.45, 7) is 7.66. The molecule has 0 radical (unpaired) electrons. The van der Waals surface area contributed by atoms with Crippen molar-refractivity contribution in [2.75, 3.05) is 26.7 Å². The van der Waals surface area contributed by atoms with E-state index in [1.807, 2.05) is 24.2 Å². The first-order valence-corrected chi connectivity index (χ1v) is 9.46. The lowest BCUT2D eigenvalue weighted by Gasteiger charge is -2.26. The Balaban J connectivity index is 1.72. The number of carbonyl (C=O) groups is 1. The van der Waals surface area contributed by atoms with Crippen LogP contribution in [0.1, 0.15) is 56.7 Å². The third kappa shape index (κ3) is 6.23. The van der Waals surface area contributed by atoms with E-state index < -0.39 is 0 Å². The minimum atomic E-state index is 0.185. The van der Waals surface area contributed by atoms with Gasteiger partial charge < -0.3 is 9.80 Å². The fraction of sp³-hybridized carbons (Fsp3) is 0.700. The summed E-state index contributed by atoms with van der Waals surface area (Å²) >= 11 is 0. The zero-order chi connectivity index (χ0) is 17.4. The molecule has 1 atom stereocenters. The van der Waals surface area contributed by atoms with Crippen LogP contribution < -0.4 is 0 Å². The molecule has 1 amide bonds. The topological polar surface area (TPSA) is 36.4 Å². The van der Waals surface area contributed by atoms with Crippen molar-refractivity contribution < 1.29 is 4.79 Å². The third-order valence-electron chi connectivity index (χ3n) is 5.09. The molecular weight excluding hydrogens is 298 g/mol. The maximum atomic E-state index is 12.4. The van der Waals surface area contributed by atoms with E-state index in [1.54, 1.807) is 0 Å². The molecule has 2 heterocycles. The van der Waals surface area contributed by atoms with E-state index in [1.165, 1.54) is 44.3 Å². The van der Waals surface area contributed by atoms with Crippen LogP contribution in [0.4, 0.5) is 0 Å². The van der Waals surface area contributed by atoms with Crippen LogP contribution >= 0.6 is 0 Å². The van der Waals surface area contributed by atoms with Crippen molar-refractivity contribution in [3.8, 4) is 0 Å². The van der Waals surface area contributed by atoms with Gasteiger partial charge in [-0.2, -0.15) is 0 Å². The normalized spacial score (nSPS) is 17.3. The number of likely N-dealkylation sites (tertiary alicyclic amines) is 1. The molecule has 134 valence electrons. The number of nitrogens with zero attached hydrogens (tertiary/aromatic N) is 3. The Morgan fingerprint density at radius 3 is 2.67 bits per heavy atom. The van der Waals surface area contributed by atoms with Crippen LogP contribution in [0.2, 0.25) is 0 Å². The van der Waals surface area contributed by atoms with Gasteiger partial charge in [-0.3, -0.25) is 9.78 Å². The number of pyridine rings is 1. The molecule has 1 aliphatic heterocycles. The molecule has 4 nitrogen and oxygen atoms in total. The Hall–Kier alpha value is -1.42. The molecule has 1 fully saturated rings. The Labute approximate surface area is 147 Å². The van der Waals surface area contributed by atoms with Crippen molar-refractivity contribution in [1.29, 1.82) is 0 Å². The average Bonchev–Trinajstić information content (AvgIpc) is 2.83. The number of aromatic nitrogens is 1. The highest BCUT2D eigenvalue weighted by Crippen LogP contribution is 2.12. The molecule has 0 bridgehead atoms. The SMILES string of the molecule is Cc1ccnc(CC(C)N(C)C(=O)CCCN2CCCCCC2)c1. The molecule has 1 unspecified atom stereocenters. The minimum absolute atomic E-state index is 0.185. The van der Waals surface area contributed by atoms with Crippen LogP contribution in [0.15, 0.2) is 18.3 Å². The predicted molar refractivity (Wildman–Crippen MR) is 99.1 cm³/mol. The van der Waals surface area contributed by atoms with Crippen molar-refractivity contribution in [2.45, 2.75) is 64.8 Å². The second-order valence-corrected chi connectivity index (χ2v) is 7.24. The molecule has 0 N–H and O–H groups in total. The molecule has 1 aromatic heterocycles. The number of hydrogen-bond donors (Lipinski definition) is 0. The van der Waals surface area contributed by atoms with Crippen molar-refractivity contribution in [3.05, 3.63) is 29.6 Å². The van der Waals surface area contributed by atoms with Crippen LogP contribution in [-0.4, -0.2) is 53.4 Å². The molecule has 0 aromatic carbocycles. The second kappa shape index (κ2) is 9.77. The largest absolute Gasteiger partial charge is 0.343 e. The van der Waals surface area contributed by atoms with Crippen LogP contribution in [0.3, 0.4) is 0 Å². The fourth-order valence-corrected chi connectivity index (χ4v) is 3.39. The summed E-state index contributed by atoms with van der Waals surface area (Å²) in [7, 11) is 1.93. The molecule has 0 spiro atoms.